The third kappa shape index (κ3) is 8.12. The summed E-state index contributed by atoms with van der Waals surface area (Å²) < 4.78 is 29.9. The molecule has 0 saturated carbocycles. The predicted molar refractivity (Wildman–Crippen MR) is 115 cm³/mol. The standard InChI is InChI=1S/C20H30ClN3O5S/c1-20(2,3)29-19(26)24-13-11-23(12-14-24)10-4-9-22-18(25)15-30(27,28)17-7-5-16(21)6-8-17/h5-8H,4,9-15H2,1-3H3,(H,22,25). The van der Waals surface area contributed by atoms with Crippen LogP contribution in [0.2, 0.25) is 5.02 Å². The minimum Gasteiger partial charge on any atom is -0.444 e. The first-order valence-corrected chi connectivity index (χ1v) is 11.9. The monoisotopic (exact) mass is 459 g/mol. The topological polar surface area (TPSA) is 96.0 Å². The van der Waals surface area contributed by atoms with Crippen LogP contribution in [0.25, 0.3) is 0 Å². The van der Waals surface area contributed by atoms with Crippen LogP contribution in [0.15, 0.2) is 29.2 Å². The molecule has 10 heteroatoms. The Hall–Kier alpha value is -1.84. The minimum absolute atomic E-state index is 0.0740. The Morgan fingerprint density at radius 2 is 1.70 bits per heavy atom. The lowest BCUT2D eigenvalue weighted by molar-refractivity contribution is -0.118. The molecule has 8 nitrogen and oxygen atoms in total. The van der Waals surface area contributed by atoms with Crippen molar-refractivity contribution in [2.45, 2.75) is 37.7 Å². The Balaban J connectivity index is 1.65. The Morgan fingerprint density at radius 1 is 1.10 bits per heavy atom. The van der Waals surface area contributed by atoms with Gasteiger partial charge in [-0.15, -0.1) is 0 Å². The first kappa shape index (κ1) is 24.4. The molecule has 1 saturated heterocycles. The molecule has 1 aliphatic heterocycles. The second kappa shape index (κ2) is 10.5. The van der Waals surface area contributed by atoms with E-state index in [1.807, 2.05) is 20.8 Å². The third-order valence-electron chi connectivity index (χ3n) is 4.49. The molecule has 2 amide bonds. The van der Waals surface area contributed by atoms with Crippen LogP contribution in [0.3, 0.4) is 0 Å². The first-order chi connectivity index (χ1) is 14.0. The molecule has 0 aromatic heterocycles. The lowest BCUT2D eigenvalue weighted by atomic mass is 10.2. The van der Waals surface area contributed by atoms with Crippen molar-refractivity contribution < 1.29 is 22.7 Å². The third-order valence-corrected chi connectivity index (χ3v) is 6.38. The van der Waals surface area contributed by atoms with E-state index in [1.54, 1.807) is 4.90 Å². The average molecular weight is 460 g/mol. The fraction of sp³-hybridized carbons (Fsp3) is 0.600. The molecule has 0 atom stereocenters. The number of amides is 2. The van der Waals surface area contributed by atoms with Gasteiger partial charge in [-0.1, -0.05) is 11.6 Å². The maximum absolute atomic E-state index is 12.3. The molecular formula is C20H30ClN3O5S. The molecule has 0 bridgehead atoms. The summed E-state index contributed by atoms with van der Waals surface area (Å²) in [6, 6.07) is 5.74. The lowest BCUT2D eigenvalue weighted by Gasteiger charge is -2.35. The van der Waals surface area contributed by atoms with Crippen LogP contribution in [-0.4, -0.2) is 80.8 Å². The number of sulfone groups is 1. The van der Waals surface area contributed by atoms with E-state index in [2.05, 4.69) is 10.2 Å². The van der Waals surface area contributed by atoms with Gasteiger partial charge >= 0.3 is 6.09 Å². The largest absolute Gasteiger partial charge is 0.444 e. The molecule has 0 aliphatic carbocycles. The van der Waals surface area contributed by atoms with E-state index in [0.717, 1.165) is 19.6 Å². The first-order valence-electron chi connectivity index (χ1n) is 9.91. The van der Waals surface area contributed by atoms with Crippen molar-refractivity contribution in [3.8, 4) is 0 Å². The Kier molecular flexibility index (Phi) is 8.52. The molecule has 0 unspecified atom stereocenters. The zero-order valence-electron chi connectivity index (χ0n) is 17.7. The van der Waals surface area contributed by atoms with Gasteiger partial charge in [-0.2, -0.15) is 0 Å². The molecule has 0 spiro atoms. The van der Waals surface area contributed by atoms with Crippen molar-refractivity contribution in [2.75, 3.05) is 45.0 Å². The fourth-order valence-corrected chi connectivity index (χ4v) is 4.25. The lowest BCUT2D eigenvalue weighted by Crippen LogP contribution is -2.50. The van der Waals surface area contributed by atoms with E-state index in [1.165, 1.54) is 24.3 Å². The normalized spacial score (nSPS) is 15.7. The van der Waals surface area contributed by atoms with E-state index in [0.29, 0.717) is 31.1 Å². The predicted octanol–water partition coefficient (Wildman–Crippen LogP) is 2.17. The minimum atomic E-state index is -3.69. The number of hydrogen-bond acceptors (Lipinski definition) is 6. The molecule has 1 aromatic rings. The van der Waals surface area contributed by atoms with Gasteiger partial charge in [0.2, 0.25) is 5.91 Å². The highest BCUT2D eigenvalue weighted by molar-refractivity contribution is 7.92. The Labute approximate surface area is 183 Å². The molecule has 1 fully saturated rings. The van der Waals surface area contributed by atoms with Crippen LogP contribution in [0, 0.1) is 0 Å². The van der Waals surface area contributed by atoms with Gasteiger partial charge < -0.3 is 15.0 Å². The van der Waals surface area contributed by atoms with Gasteiger partial charge in [-0.25, -0.2) is 13.2 Å². The highest BCUT2D eigenvalue weighted by atomic mass is 35.5. The summed E-state index contributed by atoms with van der Waals surface area (Å²) in [6.45, 7) is 9.34. The summed E-state index contributed by atoms with van der Waals surface area (Å²) >= 11 is 5.76. The number of carbonyl (C=O) groups is 2. The van der Waals surface area contributed by atoms with Crippen molar-refractivity contribution in [1.82, 2.24) is 15.1 Å². The summed E-state index contributed by atoms with van der Waals surface area (Å²) in [5, 5.41) is 3.09. The van der Waals surface area contributed by atoms with Gasteiger partial charge in [0.1, 0.15) is 11.4 Å². The zero-order chi connectivity index (χ0) is 22.4. The fourth-order valence-electron chi connectivity index (χ4n) is 2.96. The Morgan fingerprint density at radius 3 is 2.27 bits per heavy atom. The van der Waals surface area contributed by atoms with Crippen LogP contribution < -0.4 is 5.32 Å². The number of halogens is 1. The van der Waals surface area contributed by atoms with E-state index in [4.69, 9.17) is 16.3 Å². The maximum Gasteiger partial charge on any atom is 0.410 e. The van der Waals surface area contributed by atoms with Gasteiger partial charge in [-0.3, -0.25) is 9.69 Å². The van der Waals surface area contributed by atoms with Gasteiger partial charge in [0.15, 0.2) is 9.84 Å². The van der Waals surface area contributed by atoms with E-state index in [-0.39, 0.29) is 11.0 Å². The smallest absolute Gasteiger partial charge is 0.410 e. The molecule has 1 aromatic carbocycles. The van der Waals surface area contributed by atoms with Crippen molar-refractivity contribution in [2.24, 2.45) is 0 Å². The number of carbonyl (C=O) groups excluding carboxylic acids is 2. The summed E-state index contributed by atoms with van der Waals surface area (Å²) in [5.41, 5.74) is -0.506. The summed E-state index contributed by atoms with van der Waals surface area (Å²) in [6.07, 6.45) is 0.399. The highest BCUT2D eigenvalue weighted by Gasteiger charge is 2.25. The van der Waals surface area contributed by atoms with Crippen LogP contribution in [-0.2, 0) is 19.4 Å². The van der Waals surface area contributed by atoms with Crippen LogP contribution in [0.4, 0.5) is 4.79 Å². The number of rotatable bonds is 7. The van der Waals surface area contributed by atoms with Gasteiger partial charge in [-0.05, 0) is 58.0 Å². The number of ether oxygens (including phenoxy) is 1. The van der Waals surface area contributed by atoms with Crippen LogP contribution in [0.1, 0.15) is 27.2 Å². The number of hydrogen-bond donors (Lipinski definition) is 1. The molecule has 1 heterocycles. The zero-order valence-corrected chi connectivity index (χ0v) is 19.3. The average Bonchev–Trinajstić information content (AvgIpc) is 2.64. The number of nitrogens with zero attached hydrogens (tertiary/aromatic N) is 2. The number of nitrogens with one attached hydrogen (secondary N) is 1. The van der Waals surface area contributed by atoms with Crippen molar-refractivity contribution >= 4 is 33.4 Å². The quantitative estimate of drug-likeness (QED) is 0.628. The SMILES string of the molecule is CC(C)(C)OC(=O)N1CCN(CCCNC(=O)CS(=O)(=O)c2ccc(Cl)cc2)CC1. The van der Waals surface area contributed by atoms with E-state index < -0.39 is 27.1 Å². The van der Waals surface area contributed by atoms with Crippen LogP contribution in [0.5, 0.6) is 0 Å². The van der Waals surface area contributed by atoms with Crippen LogP contribution >= 0.6 is 11.6 Å². The van der Waals surface area contributed by atoms with Gasteiger partial charge in [0.25, 0.3) is 0 Å². The summed E-state index contributed by atoms with van der Waals surface area (Å²) in [4.78, 5) is 28.0. The summed E-state index contributed by atoms with van der Waals surface area (Å²) in [7, 11) is -3.69. The van der Waals surface area contributed by atoms with E-state index >= 15 is 0 Å². The molecule has 30 heavy (non-hydrogen) atoms. The molecule has 168 valence electrons. The molecular weight excluding hydrogens is 430 g/mol. The van der Waals surface area contributed by atoms with Gasteiger partial charge in [0, 0.05) is 37.7 Å². The Bertz CT molecular complexity index is 829. The van der Waals surface area contributed by atoms with Crippen molar-refractivity contribution in [3.05, 3.63) is 29.3 Å². The summed E-state index contributed by atoms with van der Waals surface area (Å²) in [5.74, 6) is -1.12. The molecule has 1 aliphatic rings. The highest BCUT2D eigenvalue weighted by Crippen LogP contribution is 2.15. The molecule has 0 radical (unpaired) electrons. The van der Waals surface area contributed by atoms with Crippen molar-refractivity contribution in [3.63, 3.8) is 0 Å². The molecule has 2 rings (SSSR count). The van der Waals surface area contributed by atoms with Crippen molar-refractivity contribution in [1.29, 1.82) is 0 Å². The second-order valence-electron chi connectivity index (χ2n) is 8.23. The maximum atomic E-state index is 12.3. The van der Waals surface area contributed by atoms with E-state index in [9.17, 15) is 18.0 Å². The molecule has 1 N–H and O–H groups in total. The van der Waals surface area contributed by atoms with Gasteiger partial charge in [0.05, 0.1) is 4.90 Å². The second-order valence-corrected chi connectivity index (χ2v) is 10.7. The number of benzene rings is 1. The number of piperazine rings is 1.